The third-order valence-electron chi connectivity index (χ3n) is 2.84. The topological polar surface area (TPSA) is 38.1 Å². The van der Waals surface area contributed by atoms with Crippen LogP contribution in [-0.4, -0.2) is 18.1 Å². The second-order valence-corrected chi connectivity index (χ2v) is 5.47. The van der Waals surface area contributed by atoms with Crippen LogP contribution in [0, 0.1) is 11.7 Å². The summed E-state index contributed by atoms with van der Waals surface area (Å²) in [5, 5.41) is 3.39. The lowest BCUT2D eigenvalue weighted by Gasteiger charge is -2.05. The molecule has 2 aromatic rings. The molecule has 0 aliphatic carbocycles. The second kappa shape index (κ2) is 6.86. The number of aromatic nitrogens is 1. The number of hydrogen-bond acceptors (Lipinski definition) is 3. The Bertz CT molecular complexity index is 569. The summed E-state index contributed by atoms with van der Waals surface area (Å²) in [6.07, 6.45) is 2.21. The molecule has 0 bridgehead atoms. The molecular formula is C15H18ClFN2O. The largest absolute Gasteiger partial charge is 0.441 e. The third-order valence-corrected chi connectivity index (χ3v) is 3.13. The Morgan fingerprint density at radius 3 is 2.95 bits per heavy atom. The van der Waals surface area contributed by atoms with E-state index in [2.05, 4.69) is 24.1 Å². The molecule has 0 radical (unpaired) electrons. The Morgan fingerprint density at radius 1 is 1.40 bits per heavy atom. The van der Waals surface area contributed by atoms with Crippen molar-refractivity contribution in [1.29, 1.82) is 0 Å². The van der Waals surface area contributed by atoms with E-state index >= 15 is 0 Å². The Balaban J connectivity index is 2.00. The number of hydrogen-bond donors (Lipinski definition) is 1. The van der Waals surface area contributed by atoms with Gasteiger partial charge in [-0.1, -0.05) is 31.5 Å². The van der Waals surface area contributed by atoms with Gasteiger partial charge in [0, 0.05) is 13.0 Å². The monoisotopic (exact) mass is 296 g/mol. The fourth-order valence-electron chi connectivity index (χ4n) is 1.83. The summed E-state index contributed by atoms with van der Waals surface area (Å²) >= 11 is 5.76. The maximum atomic E-state index is 13.9. The summed E-state index contributed by atoms with van der Waals surface area (Å²) in [4.78, 5) is 4.16. The molecule has 0 aliphatic heterocycles. The molecule has 0 saturated carbocycles. The number of nitrogens with zero attached hydrogens (tertiary/aromatic N) is 1. The maximum absolute atomic E-state index is 13.9. The number of halogens is 2. The Hall–Kier alpha value is -1.39. The maximum Gasteiger partial charge on any atom is 0.196 e. The fraction of sp³-hybridized carbons (Fsp3) is 0.400. The standard InChI is InChI=1S/C15H18ClFN2O/c1-10(2)8-18-7-6-14-19-9-13(20-14)11-4-3-5-12(16)15(11)17/h3-5,9-10,18H,6-8H2,1-2H3. The van der Waals surface area contributed by atoms with Gasteiger partial charge in [0.15, 0.2) is 17.5 Å². The zero-order chi connectivity index (χ0) is 14.5. The predicted octanol–water partition coefficient (Wildman–Crippen LogP) is 3.92. The zero-order valence-corrected chi connectivity index (χ0v) is 12.4. The van der Waals surface area contributed by atoms with Crippen LogP contribution < -0.4 is 5.32 Å². The minimum atomic E-state index is -0.477. The van der Waals surface area contributed by atoms with Gasteiger partial charge in [-0.05, 0) is 24.6 Å². The molecule has 1 N–H and O–H groups in total. The lowest BCUT2D eigenvalue weighted by Crippen LogP contribution is -2.22. The number of oxazole rings is 1. The molecule has 0 spiro atoms. The summed E-state index contributed by atoms with van der Waals surface area (Å²) < 4.78 is 19.4. The van der Waals surface area contributed by atoms with E-state index in [9.17, 15) is 4.39 Å². The Kier molecular flexibility index (Phi) is 5.15. The van der Waals surface area contributed by atoms with E-state index < -0.39 is 5.82 Å². The van der Waals surface area contributed by atoms with Gasteiger partial charge in [0.25, 0.3) is 0 Å². The van der Waals surface area contributed by atoms with Crippen LogP contribution >= 0.6 is 11.6 Å². The molecule has 0 aliphatic rings. The highest BCUT2D eigenvalue weighted by Gasteiger charge is 2.13. The van der Waals surface area contributed by atoms with Gasteiger partial charge in [-0.15, -0.1) is 0 Å². The van der Waals surface area contributed by atoms with E-state index in [-0.39, 0.29) is 5.02 Å². The van der Waals surface area contributed by atoms with Crippen molar-refractivity contribution < 1.29 is 8.81 Å². The van der Waals surface area contributed by atoms with Crippen molar-refractivity contribution in [2.45, 2.75) is 20.3 Å². The van der Waals surface area contributed by atoms with Crippen molar-refractivity contribution >= 4 is 11.6 Å². The molecule has 0 atom stereocenters. The van der Waals surface area contributed by atoms with Gasteiger partial charge < -0.3 is 9.73 Å². The van der Waals surface area contributed by atoms with Crippen molar-refractivity contribution in [3.8, 4) is 11.3 Å². The van der Waals surface area contributed by atoms with E-state index in [4.69, 9.17) is 16.0 Å². The predicted molar refractivity (Wildman–Crippen MR) is 78.3 cm³/mol. The molecule has 0 saturated heterocycles. The van der Waals surface area contributed by atoms with Crippen LogP contribution in [0.4, 0.5) is 4.39 Å². The first-order valence-corrected chi connectivity index (χ1v) is 7.05. The molecule has 1 aromatic heterocycles. The molecule has 0 fully saturated rings. The molecule has 2 rings (SSSR count). The average Bonchev–Trinajstić information content (AvgIpc) is 2.86. The lowest BCUT2D eigenvalue weighted by molar-refractivity contribution is 0.480. The highest BCUT2D eigenvalue weighted by atomic mass is 35.5. The molecule has 5 heteroatoms. The highest BCUT2D eigenvalue weighted by Crippen LogP contribution is 2.27. The SMILES string of the molecule is CC(C)CNCCc1ncc(-c2cccc(Cl)c2F)o1. The van der Waals surface area contributed by atoms with Crippen molar-refractivity contribution in [3.63, 3.8) is 0 Å². The van der Waals surface area contributed by atoms with Crippen LogP contribution in [0.2, 0.25) is 5.02 Å². The second-order valence-electron chi connectivity index (χ2n) is 5.07. The normalized spacial score (nSPS) is 11.2. The van der Waals surface area contributed by atoms with Crippen LogP contribution in [0.5, 0.6) is 0 Å². The van der Waals surface area contributed by atoms with E-state index in [1.807, 2.05) is 0 Å². The van der Waals surface area contributed by atoms with Gasteiger partial charge >= 0.3 is 0 Å². The Morgan fingerprint density at radius 2 is 2.20 bits per heavy atom. The molecule has 20 heavy (non-hydrogen) atoms. The average molecular weight is 297 g/mol. The van der Waals surface area contributed by atoms with Crippen molar-refractivity contribution in [2.24, 2.45) is 5.92 Å². The third kappa shape index (κ3) is 3.81. The minimum Gasteiger partial charge on any atom is -0.441 e. The molecule has 3 nitrogen and oxygen atoms in total. The van der Waals surface area contributed by atoms with Gasteiger partial charge in [0.2, 0.25) is 0 Å². The van der Waals surface area contributed by atoms with Crippen molar-refractivity contribution in [2.75, 3.05) is 13.1 Å². The first-order chi connectivity index (χ1) is 9.58. The van der Waals surface area contributed by atoms with Gasteiger partial charge in [-0.2, -0.15) is 0 Å². The molecule has 108 valence electrons. The van der Waals surface area contributed by atoms with Gasteiger partial charge in [0.05, 0.1) is 16.8 Å². The molecule has 0 unspecified atom stereocenters. The Labute approximate surface area is 123 Å². The van der Waals surface area contributed by atoms with E-state index in [1.54, 1.807) is 12.1 Å². The van der Waals surface area contributed by atoms with Gasteiger partial charge in [-0.25, -0.2) is 9.37 Å². The van der Waals surface area contributed by atoms with E-state index in [0.29, 0.717) is 29.6 Å². The van der Waals surface area contributed by atoms with E-state index in [0.717, 1.165) is 13.1 Å². The summed E-state index contributed by atoms with van der Waals surface area (Å²) in [6.45, 7) is 6.04. The van der Waals surface area contributed by atoms with Crippen LogP contribution in [0.1, 0.15) is 19.7 Å². The van der Waals surface area contributed by atoms with Crippen molar-refractivity contribution in [1.82, 2.24) is 10.3 Å². The summed E-state index contributed by atoms with van der Waals surface area (Å²) in [5.74, 6) is 1.13. The first-order valence-electron chi connectivity index (χ1n) is 6.67. The minimum absolute atomic E-state index is 0.0825. The highest BCUT2D eigenvalue weighted by molar-refractivity contribution is 6.31. The number of rotatable bonds is 6. The molecule has 1 aromatic carbocycles. The summed E-state index contributed by atoms with van der Waals surface area (Å²) in [7, 11) is 0. The lowest BCUT2D eigenvalue weighted by atomic mass is 10.2. The van der Waals surface area contributed by atoms with Gasteiger partial charge in [0.1, 0.15) is 0 Å². The number of benzene rings is 1. The van der Waals surface area contributed by atoms with E-state index in [1.165, 1.54) is 12.3 Å². The number of nitrogens with one attached hydrogen (secondary N) is 1. The molecule has 0 amide bonds. The fourth-order valence-corrected chi connectivity index (χ4v) is 2.01. The van der Waals surface area contributed by atoms with Crippen molar-refractivity contribution in [3.05, 3.63) is 41.1 Å². The first kappa shape index (κ1) is 15.0. The van der Waals surface area contributed by atoms with Gasteiger partial charge in [-0.3, -0.25) is 0 Å². The van der Waals surface area contributed by atoms with Crippen LogP contribution in [0.25, 0.3) is 11.3 Å². The summed E-state index contributed by atoms with van der Waals surface area (Å²) in [6, 6.07) is 4.82. The smallest absolute Gasteiger partial charge is 0.196 e. The van der Waals surface area contributed by atoms with Crippen LogP contribution in [-0.2, 0) is 6.42 Å². The molecule has 1 heterocycles. The quantitative estimate of drug-likeness (QED) is 0.821. The van der Waals surface area contributed by atoms with Crippen LogP contribution in [0.15, 0.2) is 28.8 Å². The zero-order valence-electron chi connectivity index (χ0n) is 11.6. The van der Waals surface area contributed by atoms with Crippen LogP contribution in [0.3, 0.4) is 0 Å². The summed E-state index contributed by atoms with van der Waals surface area (Å²) in [5.41, 5.74) is 0.339. The molecular weight excluding hydrogens is 279 g/mol.